The minimum absolute atomic E-state index is 0.274. The van der Waals surface area contributed by atoms with Crippen molar-refractivity contribution >= 4 is 0 Å². The van der Waals surface area contributed by atoms with Gasteiger partial charge in [-0.25, -0.2) is 0 Å². The number of benzene rings is 6. The van der Waals surface area contributed by atoms with E-state index in [0.29, 0.717) is 58.9 Å². The molecule has 6 bridgehead atoms. The van der Waals surface area contributed by atoms with Crippen molar-refractivity contribution in [3.8, 4) is 17.2 Å². The maximum Gasteiger partial charge on any atom is 0.120 e. The normalized spacial score (nSPS) is 14.7. The van der Waals surface area contributed by atoms with Crippen LogP contribution in [0.2, 0.25) is 0 Å². The SMILES string of the molecule is Cc1cc2c(O)cc1CN(Cc1ccccc1)Cc1cc(C)c(cc1O)CN(Cc1ccccc1)Cc1cc(C)c(cc1O)CN(Cc1ccccc1)C2. The summed E-state index contributed by atoms with van der Waals surface area (Å²) in [5, 5.41) is 34.7. The molecule has 6 heteroatoms. The van der Waals surface area contributed by atoms with Crippen molar-refractivity contribution in [2.45, 2.75) is 79.7 Å². The van der Waals surface area contributed by atoms with Gasteiger partial charge >= 0.3 is 0 Å². The van der Waals surface area contributed by atoms with Crippen LogP contribution in [0.1, 0.15) is 66.8 Å². The Labute approximate surface area is 320 Å². The molecule has 0 spiro atoms. The number of nitrogens with zero attached hydrogens (tertiary/aromatic N) is 3. The van der Waals surface area contributed by atoms with Crippen LogP contribution in [-0.2, 0) is 58.9 Å². The van der Waals surface area contributed by atoms with Gasteiger partial charge in [-0.2, -0.15) is 0 Å². The van der Waals surface area contributed by atoms with Gasteiger partial charge in [-0.05, 0) is 89.0 Å². The molecule has 12 rings (SSSR count). The summed E-state index contributed by atoms with van der Waals surface area (Å²) in [7, 11) is 0. The fourth-order valence-corrected chi connectivity index (χ4v) is 7.76. The number of phenolic OH excluding ortho intramolecular Hbond substituents is 3. The fourth-order valence-electron chi connectivity index (χ4n) is 7.76. The molecule has 0 amide bonds. The zero-order valence-corrected chi connectivity index (χ0v) is 31.7. The predicted octanol–water partition coefficient (Wildman–Crippen LogP) is 9.65. The van der Waals surface area contributed by atoms with Crippen LogP contribution in [0.5, 0.6) is 17.2 Å². The molecule has 0 radical (unpaired) electrons. The maximum absolute atomic E-state index is 11.6. The second kappa shape index (κ2) is 16.7. The summed E-state index contributed by atoms with van der Waals surface area (Å²) in [6, 6.07) is 43.4. The van der Waals surface area contributed by atoms with E-state index in [-0.39, 0.29) is 17.2 Å². The van der Waals surface area contributed by atoms with Crippen molar-refractivity contribution in [3.05, 3.63) is 194 Å². The van der Waals surface area contributed by atoms with Crippen LogP contribution in [0.15, 0.2) is 127 Å². The monoisotopic (exact) mass is 717 g/mol. The van der Waals surface area contributed by atoms with Gasteiger partial charge in [0.1, 0.15) is 17.2 Å². The van der Waals surface area contributed by atoms with Crippen molar-refractivity contribution in [2.75, 3.05) is 0 Å². The summed E-state index contributed by atoms with van der Waals surface area (Å²) >= 11 is 0. The summed E-state index contributed by atoms with van der Waals surface area (Å²) in [4.78, 5) is 7.01. The van der Waals surface area contributed by atoms with Gasteiger partial charge in [-0.15, -0.1) is 0 Å². The molecular formula is C48H51N3O3. The number of hydrogen-bond donors (Lipinski definition) is 3. The van der Waals surface area contributed by atoms with Crippen LogP contribution in [0.25, 0.3) is 0 Å². The molecule has 0 atom stereocenters. The summed E-state index contributed by atoms with van der Waals surface area (Å²) in [5.74, 6) is 0.821. The first kappa shape index (κ1) is 36.9. The third kappa shape index (κ3) is 9.20. The third-order valence-corrected chi connectivity index (χ3v) is 10.7. The van der Waals surface area contributed by atoms with Crippen LogP contribution >= 0.6 is 0 Å². The molecule has 6 heterocycles. The molecule has 0 aromatic heterocycles. The van der Waals surface area contributed by atoms with Crippen LogP contribution < -0.4 is 0 Å². The molecule has 276 valence electrons. The number of aromatic hydroxyl groups is 3. The summed E-state index contributed by atoms with van der Waals surface area (Å²) in [6.45, 7) is 11.9. The van der Waals surface area contributed by atoms with Crippen LogP contribution in [0, 0.1) is 20.8 Å². The van der Waals surface area contributed by atoms with Gasteiger partial charge in [0.05, 0.1) is 0 Å². The van der Waals surface area contributed by atoms with E-state index in [2.05, 4.69) is 126 Å². The second-order valence-electron chi connectivity index (χ2n) is 15.1. The van der Waals surface area contributed by atoms with Gasteiger partial charge in [0.25, 0.3) is 0 Å². The molecule has 54 heavy (non-hydrogen) atoms. The lowest BCUT2D eigenvalue weighted by molar-refractivity contribution is 0.240. The predicted molar refractivity (Wildman–Crippen MR) is 217 cm³/mol. The lowest BCUT2D eigenvalue weighted by Gasteiger charge is -2.26. The minimum Gasteiger partial charge on any atom is -0.508 e. The summed E-state index contributed by atoms with van der Waals surface area (Å²) in [5.41, 5.74) is 12.6. The average molecular weight is 718 g/mol. The smallest absolute Gasteiger partial charge is 0.120 e. The second-order valence-corrected chi connectivity index (χ2v) is 15.1. The Kier molecular flexibility index (Phi) is 11.4. The maximum atomic E-state index is 11.6. The van der Waals surface area contributed by atoms with Crippen molar-refractivity contribution in [1.82, 2.24) is 14.7 Å². The number of phenols is 3. The van der Waals surface area contributed by atoms with Gasteiger partial charge in [-0.1, -0.05) is 109 Å². The molecule has 0 saturated carbocycles. The fraction of sp³-hybridized carbons (Fsp3) is 0.250. The van der Waals surface area contributed by atoms with E-state index in [9.17, 15) is 15.3 Å². The zero-order chi connectivity index (χ0) is 37.6. The summed E-state index contributed by atoms with van der Waals surface area (Å²) in [6.07, 6.45) is 0. The average Bonchev–Trinajstić information content (AvgIpc) is 3.15. The molecule has 6 aliphatic heterocycles. The first-order chi connectivity index (χ1) is 26.2. The Morgan fingerprint density at radius 1 is 0.352 bits per heavy atom. The Morgan fingerprint density at radius 3 is 0.852 bits per heavy atom. The van der Waals surface area contributed by atoms with Crippen molar-refractivity contribution in [1.29, 1.82) is 0 Å². The molecule has 0 fully saturated rings. The number of aryl methyl sites for hydroxylation is 3. The Hall–Kier alpha value is -5.40. The highest BCUT2D eigenvalue weighted by Crippen LogP contribution is 2.32. The van der Waals surface area contributed by atoms with Gasteiger partial charge in [0.15, 0.2) is 0 Å². The standard InChI is InChI=1S/C48H51N3O3/c1-34-19-43-31-50(26-38-15-9-5-10-16-38)29-41-23-48(54)45(21-36(41)3)33-51(27-39-17-11-6-12-18-39)30-42-24-47(53)44(20-35(42)2)32-49(28-40(34)22-46(43)52)25-37-13-7-4-8-14-37/h4-24,52-54H,25-33H2,1-3H3. The number of rotatable bonds is 6. The molecule has 0 aliphatic carbocycles. The highest BCUT2D eigenvalue weighted by molar-refractivity contribution is 5.45. The quantitative estimate of drug-likeness (QED) is 0.160. The zero-order valence-electron chi connectivity index (χ0n) is 31.7. The molecule has 0 saturated heterocycles. The largest absolute Gasteiger partial charge is 0.508 e. The van der Waals surface area contributed by atoms with Crippen molar-refractivity contribution in [3.63, 3.8) is 0 Å². The molecule has 0 unspecified atom stereocenters. The van der Waals surface area contributed by atoms with E-state index in [1.807, 2.05) is 36.4 Å². The molecule has 6 aromatic rings. The number of hydrogen-bond acceptors (Lipinski definition) is 6. The summed E-state index contributed by atoms with van der Waals surface area (Å²) < 4.78 is 0. The van der Waals surface area contributed by atoms with E-state index in [1.165, 1.54) is 16.7 Å². The van der Waals surface area contributed by atoms with E-state index in [0.717, 1.165) is 50.1 Å². The molecule has 6 aliphatic rings. The minimum atomic E-state index is 0.274. The third-order valence-electron chi connectivity index (χ3n) is 10.7. The van der Waals surface area contributed by atoms with Crippen LogP contribution in [0.4, 0.5) is 0 Å². The lowest BCUT2D eigenvalue weighted by atomic mass is 10.0. The molecule has 6 aromatic carbocycles. The first-order valence-electron chi connectivity index (χ1n) is 18.9. The molecule has 3 N–H and O–H groups in total. The van der Waals surface area contributed by atoms with Crippen LogP contribution in [0.3, 0.4) is 0 Å². The topological polar surface area (TPSA) is 70.4 Å². The van der Waals surface area contributed by atoms with Gasteiger partial charge in [0, 0.05) is 75.6 Å². The van der Waals surface area contributed by atoms with Gasteiger partial charge in [0.2, 0.25) is 0 Å². The molecular weight excluding hydrogens is 667 g/mol. The van der Waals surface area contributed by atoms with Gasteiger partial charge < -0.3 is 15.3 Å². The Morgan fingerprint density at radius 2 is 0.593 bits per heavy atom. The Balaban J connectivity index is 1.31. The van der Waals surface area contributed by atoms with E-state index < -0.39 is 0 Å². The van der Waals surface area contributed by atoms with Crippen molar-refractivity contribution in [2.24, 2.45) is 0 Å². The van der Waals surface area contributed by atoms with E-state index >= 15 is 0 Å². The lowest BCUT2D eigenvalue weighted by Crippen LogP contribution is -2.24. The van der Waals surface area contributed by atoms with Crippen LogP contribution in [-0.4, -0.2) is 30.0 Å². The Bertz CT molecular complexity index is 1840. The highest BCUT2D eigenvalue weighted by Gasteiger charge is 2.21. The van der Waals surface area contributed by atoms with Crippen molar-refractivity contribution < 1.29 is 15.3 Å². The van der Waals surface area contributed by atoms with E-state index in [4.69, 9.17) is 0 Å². The molecule has 6 nitrogen and oxygen atoms in total. The van der Waals surface area contributed by atoms with Gasteiger partial charge in [-0.3, -0.25) is 14.7 Å². The highest BCUT2D eigenvalue weighted by atomic mass is 16.3. The van der Waals surface area contributed by atoms with E-state index in [1.54, 1.807) is 0 Å². The first-order valence-corrected chi connectivity index (χ1v) is 18.9.